The van der Waals surface area contributed by atoms with Gasteiger partial charge in [0.25, 0.3) is 5.91 Å². The summed E-state index contributed by atoms with van der Waals surface area (Å²) in [5.74, 6) is -0.751. The number of hydrogen-bond donors (Lipinski definition) is 1. The average molecular weight is 531 g/mol. The van der Waals surface area contributed by atoms with Crippen molar-refractivity contribution in [1.82, 2.24) is 4.98 Å². The molecule has 0 spiro atoms. The first kappa shape index (κ1) is 22.3. The van der Waals surface area contributed by atoms with E-state index in [4.69, 9.17) is 0 Å². The van der Waals surface area contributed by atoms with Crippen LogP contribution in [-0.4, -0.2) is 25.6 Å². The van der Waals surface area contributed by atoms with Gasteiger partial charge >= 0.3 is 0 Å². The van der Waals surface area contributed by atoms with Crippen LogP contribution in [0.4, 0.5) is 9.52 Å². The lowest BCUT2D eigenvalue weighted by Gasteiger charge is -2.08. The fourth-order valence-electron chi connectivity index (χ4n) is 3.14. The van der Waals surface area contributed by atoms with Crippen LogP contribution in [0.5, 0.6) is 0 Å². The third-order valence-corrected chi connectivity index (χ3v) is 7.24. The van der Waals surface area contributed by atoms with Crippen molar-refractivity contribution in [3.63, 3.8) is 0 Å². The van der Waals surface area contributed by atoms with E-state index in [0.717, 1.165) is 22.1 Å². The molecule has 3 aromatic carbocycles. The number of amides is 1. The highest BCUT2D eigenvalue weighted by molar-refractivity contribution is 9.10. The Morgan fingerprint density at radius 1 is 1.03 bits per heavy atom. The van der Waals surface area contributed by atoms with Crippen LogP contribution in [0.15, 0.2) is 82.2 Å². The van der Waals surface area contributed by atoms with Crippen LogP contribution < -0.4 is 5.32 Å². The molecule has 0 unspecified atom stereocenters. The third kappa shape index (κ3) is 4.79. The highest BCUT2D eigenvalue weighted by Gasteiger charge is 2.22. The zero-order valence-electron chi connectivity index (χ0n) is 16.7. The third-order valence-electron chi connectivity index (χ3n) is 4.58. The van der Waals surface area contributed by atoms with Crippen molar-refractivity contribution in [3.8, 4) is 21.7 Å². The molecule has 32 heavy (non-hydrogen) atoms. The Kier molecular flexibility index (Phi) is 6.23. The molecular weight excluding hydrogens is 515 g/mol. The Morgan fingerprint density at radius 3 is 2.44 bits per heavy atom. The van der Waals surface area contributed by atoms with Crippen molar-refractivity contribution in [3.05, 3.63) is 88.6 Å². The lowest BCUT2D eigenvalue weighted by atomic mass is 10.1. The maximum Gasteiger partial charge on any atom is 0.257 e. The van der Waals surface area contributed by atoms with E-state index in [1.54, 1.807) is 48.5 Å². The Balaban J connectivity index is 1.84. The van der Waals surface area contributed by atoms with E-state index in [2.05, 4.69) is 26.2 Å². The van der Waals surface area contributed by atoms with Crippen molar-refractivity contribution in [2.75, 3.05) is 11.6 Å². The highest BCUT2D eigenvalue weighted by atomic mass is 79.9. The van der Waals surface area contributed by atoms with Crippen molar-refractivity contribution in [2.45, 2.75) is 4.90 Å². The molecule has 0 aliphatic carbocycles. The molecule has 1 amide bonds. The summed E-state index contributed by atoms with van der Waals surface area (Å²) in [6.07, 6.45) is 1.14. The molecule has 1 N–H and O–H groups in total. The van der Waals surface area contributed by atoms with Gasteiger partial charge in [0.05, 0.1) is 15.5 Å². The molecule has 9 heteroatoms. The first-order valence-electron chi connectivity index (χ1n) is 9.35. The molecule has 0 saturated heterocycles. The summed E-state index contributed by atoms with van der Waals surface area (Å²) in [5, 5.41) is 3.08. The number of nitrogens with zero attached hydrogens (tertiary/aromatic N) is 1. The van der Waals surface area contributed by atoms with Crippen LogP contribution in [-0.2, 0) is 9.84 Å². The number of anilines is 1. The molecule has 0 aliphatic rings. The summed E-state index contributed by atoms with van der Waals surface area (Å²) in [5.41, 5.74) is 1.96. The molecule has 0 atom stereocenters. The lowest BCUT2D eigenvalue weighted by Crippen LogP contribution is -2.11. The summed E-state index contributed by atoms with van der Waals surface area (Å²) >= 11 is 4.50. The zero-order valence-corrected chi connectivity index (χ0v) is 19.9. The number of rotatable bonds is 5. The largest absolute Gasteiger partial charge is 0.298 e. The molecule has 0 radical (unpaired) electrons. The smallest absolute Gasteiger partial charge is 0.257 e. The number of aromatic nitrogens is 1. The maximum atomic E-state index is 13.5. The zero-order chi connectivity index (χ0) is 22.9. The lowest BCUT2D eigenvalue weighted by molar-refractivity contribution is 0.102. The van der Waals surface area contributed by atoms with Gasteiger partial charge in [0.15, 0.2) is 15.0 Å². The number of nitrogens with one attached hydrogen (secondary N) is 1. The van der Waals surface area contributed by atoms with Gasteiger partial charge in [-0.25, -0.2) is 17.8 Å². The van der Waals surface area contributed by atoms with Crippen molar-refractivity contribution in [1.29, 1.82) is 0 Å². The standard InChI is InChI=1S/C23H16BrFN2O3S2/c1-32(29,30)19-8-3-2-7-18(19)21-20(14-9-11-17(25)12-10-14)26-23(31-21)27-22(28)15-5-4-6-16(24)13-15/h2-13H,1H3,(H,26,27,28). The molecule has 5 nitrogen and oxygen atoms in total. The van der Waals surface area contributed by atoms with Gasteiger partial charge in [-0.05, 0) is 48.5 Å². The molecule has 1 aromatic heterocycles. The van der Waals surface area contributed by atoms with Crippen molar-refractivity contribution in [2.24, 2.45) is 0 Å². The van der Waals surface area contributed by atoms with Crippen LogP contribution >= 0.6 is 27.3 Å². The molecule has 1 heterocycles. The number of carbonyl (C=O) groups excluding carboxylic acids is 1. The predicted octanol–water partition coefficient (Wildman–Crippen LogP) is 6.03. The van der Waals surface area contributed by atoms with E-state index in [0.29, 0.717) is 32.4 Å². The summed E-state index contributed by atoms with van der Waals surface area (Å²) in [6, 6.07) is 19.3. The fraction of sp³-hybridized carbons (Fsp3) is 0.0435. The summed E-state index contributed by atoms with van der Waals surface area (Å²) in [4.78, 5) is 18.0. The van der Waals surface area contributed by atoms with Gasteiger partial charge in [-0.15, -0.1) is 0 Å². The molecule has 0 aliphatic heterocycles. The summed E-state index contributed by atoms with van der Waals surface area (Å²) in [6.45, 7) is 0. The van der Waals surface area contributed by atoms with Gasteiger partial charge in [-0.1, -0.05) is 51.5 Å². The molecule has 4 aromatic rings. The van der Waals surface area contributed by atoms with Crippen LogP contribution in [0.25, 0.3) is 21.7 Å². The van der Waals surface area contributed by atoms with E-state index >= 15 is 0 Å². The molecule has 0 bridgehead atoms. The molecule has 0 fully saturated rings. The van der Waals surface area contributed by atoms with E-state index in [1.807, 2.05) is 6.07 Å². The number of carbonyl (C=O) groups is 1. The van der Waals surface area contributed by atoms with Gasteiger partial charge in [-0.2, -0.15) is 0 Å². The predicted molar refractivity (Wildman–Crippen MR) is 128 cm³/mol. The van der Waals surface area contributed by atoms with Crippen LogP contribution in [0.2, 0.25) is 0 Å². The first-order valence-corrected chi connectivity index (χ1v) is 12.9. The minimum atomic E-state index is -3.52. The topological polar surface area (TPSA) is 76.1 Å². The Hall–Kier alpha value is -2.88. The second kappa shape index (κ2) is 8.93. The Morgan fingerprint density at radius 2 is 1.75 bits per heavy atom. The molecule has 0 saturated carbocycles. The van der Waals surface area contributed by atoms with Gasteiger partial charge in [0.2, 0.25) is 0 Å². The van der Waals surface area contributed by atoms with Gasteiger partial charge in [0, 0.05) is 27.4 Å². The monoisotopic (exact) mass is 530 g/mol. The van der Waals surface area contributed by atoms with E-state index in [-0.39, 0.29) is 10.8 Å². The van der Waals surface area contributed by atoms with Gasteiger partial charge in [-0.3, -0.25) is 10.1 Å². The van der Waals surface area contributed by atoms with Crippen molar-refractivity contribution >= 4 is 48.1 Å². The second-order valence-corrected chi connectivity index (χ2v) is 10.8. The number of hydrogen-bond acceptors (Lipinski definition) is 5. The first-order chi connectivity index (χ1) is 15.2. The SMILES string of the molecule is CS(=O)(=O)c1ccccc1-c1sc(NC(=O)c2cccc(Br)c2)nc1-c1ccc(F)cc1. The van der Waals surface area contributed by atoms with Crippen molar-refractivity contribution < 1.29 is 17.6 Å². The summed E-state index contributed by atoms with van der Waals surface area (Å²) in [7, 11) is -3.52. The van der Waals surface area contributed by atoms with Crippen LogP contribution in [0.1, 0.15) is 10.4 Å². The molecule has 162 valence electrons. The quantitative estimate of drug-likeness (QED) is 0.341. The van der Waals surface area contributed by atoms with E-state index < -0.39 is 15.7 Å². The molecule has 4 rings (SSSR count). The Labute approximate surface area is 197 Å². The van der Waals surface area contributed by atoms with Gasteiger partial charge < -0.3 is 0 Å². The minimum Gasteiger partial charge on any atom is -0.298 e. The van der Waals surface area contributed by atoms with Gasteiger partial charge in [0.1, 0.15) is 5.82 Å². The highest BCUT2D eigenvalue weighted by Crippen LogP contribution is 2.41. The Bertz CT molecular complexity index is 1420. The fourth-order valence-corrected chi connectivity index (χ4v) is 5.52. The van der Waals surface area contributed by atoms with E-state index in [9.17, 15) is 17.6 Å². The average Bonchev–Trinajstić information content (AvgIpc) is 3.17. The normalized spacial score (nSPS) is 11.3. The maximum absolute atomic E-state index is 13.5. The molecular formula is C23H16BrFN2O3S2. The number of halogens is 2. The number of sulfone groups is 1. The van der Waals surface area contributed by atoms with Crippen LogP contribution in [0, 0.1) is 5.82 Å². The summed E-state index contributed by atoms with van der Waals surface area (Å²) < 4.78 is 39.0. The van der Waals surface area contributed by atoms with Crippen LogP contribution in [0.3, 0.4) is 0 Å². The van der Waals surface area contributed by atoms with E-state index in [1.165, 1.54) is 18.2 Å². The number of benzene rings is 3. The second-order valence-electron chi connectivity index (χ2n) is 6.94. The minimum absolute atomic E-state index is 0.150. The number of thiazole rings is 1.